The standard InChI is InChI=1S/C31H35FO6/c1-31(2)14-19(15-31)16-37-29-22(18-38-30(29)26-12-23(35-3)9-10-27(26)32)17-36-24-6-4-5-21(11-24)25(13-28(33)34)20-7-8-20/h4-6,9-12,18-20,25H,7-8,13-17H2,1-3H3,(H,33,34)/t25-/m0/s1. The summed E-state index contributed by atoms with van der Waals surface area (Å²) >= 11 is 0. The first-order chi connectivity index (χ1) is 18.2. The van der Waals surface area contributed by atoms with Crippen LogP contribution in [-0.4, -0.2) is 24.8 Å². The Kier molecular flexibility index (Phi) is 7.37. The molecule has 2 aliphatic rings. The lowest BCUT2D eigenvalue weighted by atomic mass is 9.65. The van der Waals surface area contributed by atoms with E-state index in [-0.39, 0.29) is 24.5 Å². The van der Waals surface area contributed by atoms with Crippen molar-refractivity contribution >= 4 is 5.97 Å². The van der Waals surface area contributed by atoms with E-state index in [1.807, 2.05) is 24.3 Å². The van der Waals surface area contributed by atoms with E-state index >= 15 is 0 Å². The number of aliphatic carboxylic acids is 1. The van der Waals surface area contributed by atoms with Crippen molar-refractivity contribution in [3.05, 3.63) is 65.7 Å². The maximum Gasteiger partial charge on any atom is 0.303 e. The zero-order valence-corrected chi connectivity index (χ0v) is 22.2. The molecule has 3 aromatic rings. The van der Waals surface area contributed by atoms with E-state index in [1.165, 1.54) is 13.2 Å². The summed E-state index contributed by atoms with van der Waals surface area (Å²) in [6, 6.07) is 12.2. The molecule has 0 unspecified atom stereocenters. The molecule has 0 saturated heterocycles. The molecule has 2 fully saturated rings. The Labute approximate surface area is 222 Å². The van der Waals surface area contributed by atoms with Gasteiger partial charge in [0, 0.05) is 0 Å². The molecular formula is C31H35FO6. The minimum atomic E-state index is -0.791. The van der Waals surface area contributed by atoms with Gasteiger partial charge in [0.25, 0.3) is 0 Å². The predicted molar refractivity (Wildman–Crippen MR) is 141 cm³/mol. The third-order valence-corrected chi connectivity index (χ3v) is 7.65. The van der Waals surface area contributed by atoms with Crippen molar-refractivity contribution < 1.29 is 32.9 Å². The van der Waals surface area contributed by atoms with Crippen molar-refractivity contribution in [3.8, 4) is 28.6 Å². The summed E-state index contributed by atoms with van der Waals surface area (Å²) in [6.07, 6.45) is 5.92. The van der Waals surface area contributed by atoms with Crippen LogP contribution >= 0.6 is 0 Å². The van der Waals surface area contributed by atoms with Crippen molar-refractivity contribution in [1.82, 2.24) is 0 Å². The summed E-state index contributed by atoms with van der Waals surface area (Å²) in [6.45, 7) is 5.17. The highest BCUT2D eigenvalue weighted by atomic mass is 19.1. The van der Waals surface area contributed by atoms with Crippen molar-refractivity contribution in [2.75, 3.05) is 13.7 Å². The maximum absolute atomic E-state index is 14.8. The lowest BCUT2D eigenvalue weighted by Gasteiger charge is -2.42. The van der Waals surface area contributed by atoms with Crippen LogP contribution in [0.5, 0.6) is 17.2 Å². The smallest absolute Gasteiger partial charge is 0.303 e. The van der Waals surface area contributed by atoms with E-state index in [0.29, 0.717) is 52.4 Å². The SMILES string of the molecule is COc1ccc(F)c(-c2occ(COc3cccc([C@@H](CC(=O)O)C4CC4)c3)c2OCC2CC(C)(C)C2)c1. The lowest BCUT2D eigenvalue weighted by molar-refractivity contribution is -0.137. The number of methoxy groups -OCH3 is 1. The van der Waals surface area contributed by atoms with E-state index < -0.39 is 11.8 Å². The zero-order valence-electron chi connectivity index (χ0n) is 22.2. The molecule has 1 aromatic heterocycles. The van der Waals surface area contributed by atoms with E-state index in [4.69, 9.17) is 18.6 Å². The number of benzene rings is 2. The van der Waals surface area contributed by atoms with Gasteiger partial charge in [0.2, 0.25) is 0 Å². The molecule has 1 N–H and O–H groups in total. The Hall–Kier alpha value is -3.48. The van der Waals surface area contributed by atoms with Gasteiger partial charge in [-0.1, -0.05) is 26.0 Å². The normalized spacial score (nSPS) is 17.5. The lowest BCUT2D eigenvalue weighted by Crippen LogP contribution is -2.35. The third-order valence-electron chi connectivity index (χ3n) is 7.65. The summed E-state index contributed by atoms with van der Waals surface area (Å²) in [4.78, 5) is 11.4. The Morgan fingerprint density at radius 3 is 2.61 bits per heavy atom. The largest absolute Gasteiger partial charge is 0.497 e. The molecule has 2 aliphatic carbocycles. The van der Waals surface area contributed by atoms with Crippen LogP contribution < -0.4 is 14.2 Å². The third kappa shape index (κ3) is 5.98. The molecular weight excluding hydrogens is 487 g/mol. The van der Waals surface area contributed by atoms with E-state index in [9.17, 15) is 14.3 Å². The molecule has 7 heteroatoms. The number of carbonyl (C=O) groups is 1. The molecule has 38 heavy (non-hydrogen) atoms. The fourth-order valence-corrected chi connectivity index (χ4v) is 5.69. The minimum Gasteiger partial charge on any atom is -0.497 e. The maximum atomic E-state index is 14.8. The van der Waals surface area contributed by atoms with E-state index in [0.717, 1.165) is 31.2 Å². The highest BCUT2D eigenvalue weighted by Gasteiger charge is 2.37. The number of carboxylic acid groups (broad SMARTS) is 1. The van der Waals surface area contributed by atoms with Gasteiger partial charge in [-0.2, -0.15) is 0 Å². The Morgan fingerprint density at radius 2 is 1.92 bits per heavy atom. The van der Waals surface area contributed by atoms with Crippen LogP contribution in [0, 0.1) is 23.1 Å². The van der Waals surface area contributed by atoms with E-state index in [2.05, 4.69) is 13.8 Å². The second-order valence-corrected chi connectivity index (χ2v) is 11.4. The number of halogens is 1. The van der Waals surface area contributed by atoms with Crippen LogP contribution in [0.25, 0.3) is 11.3 Å². The zero-order chi connectivity index (χ0) is 26.9. The number of hydrogen-bond donors (Lipinski definition) is 1. The Bertz CT molecular complexity index is 1280. The number of hydrogen-bond acceptors (Lipinski definition) is 5. The van der Waals surface area contributed by atoms with Gasteiger partial charge in [-0.15, -0.1) is 0 Å². The van der Waals surface area contributed by atoms with Crippen molar-refractivity contribution in [3.63, 3.8) is 0 Å². The quantitative estimate of drug-likeness (QED) is 0.266. The molecule has 1 atom stereocenters. The fraction of sp³-hybridized carbons (Fsp3) is 0.452. The van der Waals surface area contributed by atoms with Gasteiger partial charge < -0.3 is 23.7 Å². The summed E-state index contributed by atoms with van der Waals surface area (Å²) < 4.78 is 38.4. The molecule has 0 radical (unpaired) electrons. The Morgan fingerprint density at radius 1 is 1.13 bits per heavy atom. The van der Waals surface area contributed by atoms with Crippen LogP contribution in [0.4, 0.5) is 4.39 Å². The summed E-state index contributed by atoms with van der Waals surface area (Å²) in [7, 11) is 1.53. The van der Waals surface area contributed by atoms with E-state index in [1.54, 1.807) is 18.4 Å². The highest BCUT2D eigenvalue weighted by molar-refractivity contribution is 5.69. The molecule has 0 spiro atoms. The van der Waals surface area contributed by atoms with Gasteiger partial charge in [-0.25, -0.2) is 4.39 Å². The first-order valence-electron chi connectivity index (χ1n) is 13.2. The fourth-order valence-electron chi connectivity index (χ4n) is 5.69. The second kappa shape index (κ2) is 10.7. The molecule has 2 saturated carbocycles. The summed E-state index contributed by atoms with van der Waals surface area (Å²) in [5.41, 5.74) is 2.24. The molecule has 202 valence electrons. The van der Waals surface area contributed by atoms with Gasteiger partial charge in [0.1, 0.15) is 30.2 Å². The number of rotatable bonds is 12. The van der Waals surface area contributed by atoms with Gasteiger partial charge in [-0.05, 0) is 84.7 Å². The van der Waals surface area contributed by atoms with Gasteiger partial charge >= 0.3 is 5.97 Å². The Balaban J connectivity index is 1.37. The number of furan rings is 1. The predicted octanol–water partition coefficient (Wildman–Crippen LogP) is 7.46. The number of ether oxygens (including phenoxy) is 3. The average Bonchev–Trinajstić information content (AvgIpc) is 3.64. The van der Waals surface area contributed by atoms with Gasteiger partial charge in [-0.3, -0.25) is 4.79 Å². The van der Waals surface area contributed by atoms with Crippen LogP contribution in [0.1, 0.15) is 63.0 Å². The molecule has 0 bridgehead atoms. The summed E-state index contributed by atoms with van der Waals surface area (Å²) in [5.74, 6) is 1.54. The number of carboxylic acids is 1. The van der Waals surface area contributed by atoms with Crippen molar-refractivity contribution in [1.29, 1.82) is 0 Å². The minimum absolute atomic E-state index is 0.0155. The molecule has 2 aromatic carbocycles. The first-order valence-corrected chi connectivity index (χ1v) is 13.2. The summed E-state index contributed by atoms with van der Waals surface area (Å²) in [5, 5.41) is 9.37. The van der Waals surface area contributed by atoms with Crippen LogP contribution in [-0.2, 0) is 11.4 Å². The average molecular weight is 523 g/mol. The highest BCUT2D eigenvalue weighted by Crippen LogP contribution is 2.47. The van der Waals surface area contributed by atoms with Crippen molar-refractivity contribution in [2.24, 2.45) is 17.3 Å². The molecule has 5 rings (SSSR count). The monoisotopic (exact) mass is 522 g/mol. The topological polar surface area (TPSA) is 78.1 Å². The molecule has 0 amide bonds. The molecule has 0 aliphatic heterocycles. The van der Waals surface area contributed by atoms with Crippen LogP contribution in [0.3, 0.4) is 0 Å². The van der Waals surface area contributed by atoms with Crippen molar-refractivity contribution in [2.45, 2.75) is 58.5 Å². The molecule has 1 heterocycles. The second-order valence-electron chi connectivity index (χ2n) is 11.4. The van der Waals surface area contributed by atoms with Crippen LogP contribution in [0.2, 0.25) is 0 Å². The molecule has 6 nitrogen and oxygen atoms in total. The first kappa shape index (κ1) is 26.1. The van der Waals surface area contributed by atoms with Crippen LogP contribution in [0.15, 0.2) is 53.1 Å². The van der Waals surface area contributed by atoms with Gasteiger partial charge in [0.05, 0.1) is 31.3 Å². The van der Waals surface area contributed by atoms with Gasteiger partial charge in [0.15, 0.2) is 11.5 Å².